The molecule has 3 unspecified atom stereocenters. The van der Waals surface area contributed by atoms with Gasteiger partial charge in [-0.15, -0.1) is 0 Å². The molecule has 1 spiro atoms. The second-order valence-corrected chi connectivity index (χ2v) is 5.57. The van der Waals surface area contributed by atoms with E-state index < -0.39 is 0 Å². The molecule has 0 amide bonds. The Morgan fingerprint density at radius 3 is 3.00 bits per heavy atom. The highest BCUT2D eigenvalue weighted by atomic mass is 16.1. The first-order valence-corrected chi connectivity index (χ1v) is 6.02. The molecule has 1 aromatic rings. The van der Waals surface area contributed by atoms with E-state index in [0.717, 1.165) is 12.8 Å². The Morgan fingerprint density at radius 2 is 2.12 bits per heavy atom. The van der Waals surface area contributed by atoms with Crippen LogP contribution in [0.15, 0.2) is 30.3 Å². The Bertz CT molecular complexity index is 542. The molecule has 0 N–H and O–H groups in total. The van der Waals surface area contributed by atoms with E-state index in [1.165, 1.54) is 11.1 Å². The lowest BCUT2D eigenvalue weighted by Crippen LogP contribution is -2.18. The summed E-state index contributed by atoms with van der Waals surface area (Å²) in [5.41, 5.74) is 3.01. The van der Waals surface area contributed by atoms with Crippen LogP contribution in [0.2, 0.25) is 0 Å². The minimum absolute atomic E-state index is 0.122. The first-order valence-electron chi connectivity index (χ1n) is 6.02. The third kappa shape index (κ3) is 0.666. The number of Topliss-reactive ketones (excluding diaryl/α,β-unsaturated/α-hetero) is 1. The average Bonchev–Trinajstić information content (AvgIpc) is 2.68. The minimum atomic E-state index is 0.122. The third-order valence-corrected chi connectivity index (χ3v) is 5.11. The Morgan fingerprint density at radius 1 is 1.31 bits per heavy atom. The van der Waals surface area contributed by atoms with E-state index in [2.05, 4.69) is 43.3 Å². The number of fused-ring (bicyclic) bond motifs is 2. The van der Waals surface area contributed by atoms with Crippen LogP contribution in [-0.2, 0) is 10.2 Å². The Hall–Kier alpha value is -1.37. The average molecular weight is 210 g/mol. The molecule has 16 heavy (non-hydrogen) atoms. The number of rotatable bonds is 0. The molecule has 0 radical (unpaired) electrons. The predicted octanol–water partition coefficient (Wildman–Crippen LogP) is 2.95. The topological polar surface area (TPSA) is 17.1 Å². The van der Waals surface area contributed by atoms with Crippen LogP contribution in [0, 0.1) is 11.3 Å². The molecule has 3 aliphatic carbocycles. The molecule has 0 aliphatic heterocycles. The van der Waals surface area contributed by atoms with Crippen molar-refractivity contribution in [3.63, 3.8) is 0 Å². The molecule has 0 heterocycles. The Kier molecular flexibility index (Phi) is 1.27. The van der Waals surface area contributed by atoms with E-state index in [1.807, 2.05) is 0 Å². The molecule has 3 atom stereocenters. The van der Waals surface area contributed by atoms with Crippen LogP contribution < -0.4 is 0 Å². The summed E-state index contributed by atoms with van der Waals surface area (Å²) in [5.74, 6) is 0.740. The van der Waals surface area contributed by atoms with Gasteiger partial charge in [0.15, 0.2) is 0 Å². The number of benzene rings is 1. The standard InChI is InChI=1S/C15H14O/c1-14-8-6-10-4-2-3-5-11(10)15(14)9-7-12(16)13(14)15/h2-6,8,13H,7,9H2,1H3. The van der Waals surface area contributed by atoms with Crippen molar-refractivity contribution >= 4 is 11.9 Å². The quantitative estimate of drug-likeness (QED) is 0.643. The molecule has 1 heteroatoms. The van der Waals surface area contributed by atoms with E-state index in [1.54, 1.807) is 0 Å². The summed E-state index contributed by atoms with van der Waals surface area (Å²) in [7, 11) is 0. The monoisotopic (exact) mass is 210 g/mol. The molecular weight excluding hydrogens is 196 g/mol. The molecule has 0 aromatic heterocycles. The van der Waals surface area contributed by atoms with Crippen LogP contribution in [0.5, 0.6) is 0 Å². The van der Waals surface area contributed by atoms with E-state index in [4.69, 9.17) is 0 Å². The lowest BCUT2D eigenvalue weighted by molar-refractivity contribution is -0.119. The molecule has 2 fully saturated rings. The number of allylic oxidation sites excluding steroid dienone is 1. The number of ketones is 1. The second-order valence-electron chi connectivity index (χ2n) is 5.57. The van der Waals surface area contributed by atoms with Gasteiger partial charge in [-0.25, -0.2) is 0 Å². The van der Waals surface area contributed by atoms with Crippen molar-refractivity contribution in [2.45, 2.75) is 25.2 Å². The van der Waals surface area contributed by atoms with Crippen LogP contribution in [0.3, 0.4) is 0 Å². The zero-order valence-electron chi connectivity index (χ0n) is 9.36. The fourth-order valence-corrected chi connectivity index (χ4v) is 4.34. The van der Waals surface area contributed by atoms with E-state index in [-0.39, 0.29) is 16.7 Å². The van der Waals surface area contributed by atoms with Gasteiger partial charge in [-0.3, -0.25) is 4.79 Å². The van der Waals surface area contributed by atoms with Crippen molar-refractivity contribution in [2.24, 2.45) is 11.3 Å². The number of carbonyl (C=O) groups excluding carboxylic acids is 1. The van der Waals surface area contributed by atoms with Gasteiger partial charge in [0.25, 0.3) is 0 Å². The summed E-state index contributed by atoms with van der Waals surface area (Å²) in [6.45, 7) is 2.25. The molecule has 4 rings (SSSR count). The molecule has 0 saturated heterocycles. The van der Waals surface area contributed by atoms with E-state index in [0.29, 0.717) is 5.78 Å². The van der Waals surface area contributed by atoms with Gasteiger partial charge in [-0.2, -0.15) is 0 Å². The molecule has 1 nitrogen and oxygen atoms in total. The zero-order chi connectivity index (χ0) is 11.0. The van der Waals surface area contributed by atoms with Crippen molar-refractivity contribution < 1.29 is 4.79 Å². The maximum atomic E-state index is 12.0. The number of hydrogen-bond donors (Lipinski definition) is 0. The highest BCUT2D eigenvalue weighted by molar-refractivity contribution is 5.94. The highest BCUT2D eigenvalue weighted by Gasteiger charge is 2.79. The lowest BCUT2D eigenvalue weighted by atomic mass is 9.78. The van der Waals surface area contributed by atoms with Gasteiger partial charge >= 0.3 is 0 Å². The van der Waals surface area contributed by atoms with Crippen molar-refractivity contribution in [2.75, 3.05) is 0 Å². The van der Waals surface area contributed by atoms with Crippen LogP contribution >= 0.6 is 0 Å². The van der Waals surface area contributed by atoms with Crippen molar-refractivity contribution in [1.29, 1.82) is 0 Å². The van der Waals surface area contributed by atoms with Crippen LogP contribution in [0.1, 0.15) is 30.9 Å². The summed E-state index contributed by atoms with van der Waals surface area (Å²) in [6, 6.07) is 8.57. The van der Waals surface area contributed by atoms with Gasteiger partial charge in [0.05, 0.1) is 0 Å². The zero-order valence-corrected chi connectivity index (χ0v) is 9.36. The first-order chi connectivity index (χ1) is 7.70. The van der Waals surface area contributed by atoms with E-state index >= 15 is 0 Å². The van der Waals surface area contributed by atoms with Crippen molar-refractivity contribution in [1.82, 2.24) is 0 Å². The fraction of sp³-hybridized carbons (Fsp3) is 0.400. The molecule has 80 valence electrons. The lowest BCUT2D eigenvalue weighted by Gasteiger charge is -2.25. The highest BCUT2D eigenvalue weighted by Crippen LogP contribution is 2.78. The molecule has 1 aromatic carbocycles. The van der Waals surface area contributed by atoms with Gasteiger partial charge in [0.1, 0.15) is 5.78 Å². The van der Waals surface area contributed by atoms with Gasteiger partial charge < -0.3 is 0 Å². The van der Waals surface area contributed by atoms with E-state index in [9.17, 15) is 4.79 Å². The summed E-state index contributed by atoms with van der Waals surface area (Å²) >= 11 is 0. The van der Waals surface area contributed by atoms with Crippen LogP contribution in [-0.4, -0.2) is 5.78 Å². The summed E-state index contributed by atoms with van der Waals surface area (Å²) in [6.07, 6.45) is 6.31. The molecule has 3 aliphatic rings. The molecule has 0 bridgehead atoms. The van der Waals surface area contributed by atoms with Gasteiger partial charge in [0, 0.05) is 23.2 Å². The van der Waals surface area contributed by atoms with Crippen molar-refractivity contribution in [3.05, 3.63) is 41.5 Å². The first kappa shape index (κ1) is 8.74. The van der Waals surface area contributed by atoms with Gasteiger partial charge in [-0.05, 0) is 17.5 Å². The summed E-state index contributed by atoms with van der Waals surface area (Å²) in [5, 5.41) is 0. The third-order valence-electron chi connectivity index (χ3n) is 5.11. The Labute approximate surface area is 95.2 Å². The van der Waals surface area contributed by atoms with Crippen LogP contribution in [0.25, 0.3) is 6.08 Å². The van der Waals surface area contributed by atoms with Gasteiger partial charge in [0.2, 0.25) is 0 Å². The smallest absolute Gasteiger partial charge is 0.137 e. The maximum Gasteiger partial charge on any atom is 0.137 e. The summed E-state index contributed by atoms with van der Waals surface area (Å²) in [4.78, 5) is 12.0. The van der Waals surface area contributed by atoms with Gasteiger partial charge in [-0.1, -0.05) is 43.3 Å². The predicted molar refractivity (Wildman–Crippen MR) is 63.0 cm³/mol. The Balaban J connectivity index is 2.01. The van der Waals surface area contributed by atoms with Crippen LogP contribution in [0.4, 0.5) is 0 Å². The number of hydrogen-bond acceptors (Lipinski definition) is 1. The molecule has 2 saturated carbocycles. The SMILES string of the molecule is CC12C=Cc3ccccc3C13CCC(=O)C23. The maximum absolute atomic E-state index is 12.0. The normalized spacial score (nSPS) is 42.6. The summed E-state index contributed by atoms with van der Waals surface area (Å²) < 4.78 is 0. The molecular formula is C15H14O. The van der Waals surface area contributed by atoms with Crippen molar-refractivity contribution in [3.8, 4) is 0 Å². The fourth-order valence-electron chi connectivity index (χ4n) is 4.34. The number of carbonyl (C=O) groups is 1. The minimum Gasteiger partial charge on any atom is -0.299 e. The largest absolute Gasteiger partial charge is 0.299 e. The second kappa shape index (κ2) is 2.32.